The topological polar surface area (TPSA) is 49.3 Å². The lowest BCUT2D eigenvalue weighted by molar-refractivity contribution is 0.481. The highest BCUT2D eigenvalue weighted by Gasteiger charge is 2.05. The van der Waals surface area contributed by atoms with Crippen LogP contribution in [-0.2, 0) is 6.54 Å². The Hall–Kier alpha value is -0.850. The van der Waals surface area contributed by atoms with E-state index in [0.717, 1.165) is 24.7 Å². The van der Waals surface area contributed by atoms with E-state index in [1.165, 1.54) is 18.4 Å². The van der Waals surface area contributed by atoms with Gasteiger partial charge in [-0.2, -0.15) is 0 Å². The summed E-state index contributed by atoms with van der Waals surface area (Å²) >= 11 is 0. The fourth-order valence-electron chi connectivity index (χ4n) is 2.00. The van der Waals surface area contributed by atoms with E-state index in [-0.39, 0.29) is 24.0 Å². The van der Waals surface area contributed by atoms with E-state index < -0.39 is 0 Å². The number of nitrogens with one attached hydrogen (secondary N) is 2. The minimum Gasteiger partial charge on any atom is -0.357 e. The third kappa shape index (κ3) is 7.64. The predicted octanol–water partition coefficient (Wildman–Crippen LogP) is 3.50. The fourth-order valence-corrected chi connectivity index (χ4v) is 2.00. The molecule has 1 aromatic heterocycles. The smallest absolute Gasteiger partial charge is 0.191 e. The van der Waals surface area contributed by atoms with Gasteiger partial charge in [0.25, 0.3) is 0 Å². The Kier molecular flexibility index (Phi) is 11.3. The maximum atomic E-state index is 4.62. The lowest BCUT2D eigenvalue weighted by Crippen LogP contribution is -2.39. The van der Waals surface area contributed by atoms with Crippen LogP contribution in [0, 0.1) is 12.8 Å². The summed E-state index contributed by atoms with van der Waals surface area (Å²) in [6.07, 6.45) is 4.22. The van der Waals surface area contributed by atoms with Gasteiger partial charge in [0.15, 0.2) is 5.96 Å². The molecule has 0 fully saturated rings. The third-order valence-corrected chi connectivity index (χ3v) is 3.56. The first-order chi connectivity index (χ1) is 9.71. The normalized spacial score (nSPS) is 11.2. The van der Waals surface area contributed by atoms with Crippen LogP contribution < -0.4 is 10.6 Å². The zero-order chi connectivity index (χ0) is 14.8. The van der Waals surface area contributed by atoms with Gasteiger partial charge < -0.3 is 10.6 Å². The quantitative estimate of drug-likeness (QED) is 0.416. The highest BCUT2D eigenvalue weighted by molar-refractivity contribution is 14.0. The first kappa shape index (κ1) is 20.1. The monoisotopic (exact) mass is 404 g/mol. The van der Waals surface area contributed by atoms with Crippen molar-refractivity contribution in [3.8, 4) is 0 Å². The van der Waals surface area contributed by atoms with Gasteiger partial charge in [-0.15, -0.1) is 24.0 Å². The van der Waals surface area contributed by atoms with E-state index in [2.05, 4.69) is 54.4 Å². The first-order valence-corrected chi connectivity index (χ1v) is 7.63. The van der Waals surface area contributed by atoms with Gasteiger partial charge >= 0.3 is 0 Å². The van der Waals surface area contributed by atoms with Gasteiger partial charge in [-0.05, 0) is 31.4 Å². The molecule has 0 bridgehead atoms. The lowest BCUT2D eigenvalue weighted by Gasteiger charge is -2.16. The largest absolute Gasteiger partial charge is 0.357 e. The molecule has 0 radical (unpaired) electrons. The second kappa shape index (κ2) is 11.8. The molecule has 21 heavy (non-hydrogen) atoms. The van der Waals surface area contributed by atoms with Crippen molar-refractivity contribution in [3.05, 3.63) is 29.6 Å². The number of aryl methyl sites for hydroxylation is 1. The van der Waals surface area contributed by atoms with Crippen LogP contribution in [0.15, 0.2) is 23.3 Å². The Morgan fingerprint density at radius 1 is 1.24 bits per heavy atom. The van der Waals surface area contributed by atoms with E-state index in [1.54, 1.807) is 0 Å². The minimum absolute atomic E-state index is 0. The number of pyridine rings is 1. The van der Waals surface area contributed by atoms with Gasteiger partial charge in [-0.25, -0.2) is 4.99 Å². The maximum absolute atomic E-state index is 4.62. The second-order valence-electron chi connectivity index (χ2n) is 5.03. The van der Waals surface area contributed by atoms with Crippen LogP contribution in [0.4, 0.5) is 0 Å². The Bertz CT molecular complexity index is 416. The average molecular weight is 404 g/mol. The van der Waals surface area contributed by atoms with Crippen LogP contribution in [-0.4, -0.2) is 24.0 Å². The molecule has 5 heteroatoms. The standard InChI is InChI=1S/C16H28N4.HI/c1-5-14(6-2)11-19-16(17-7-3)20-12-15-13(4)9-8-10-18-15;/h8-10,14H,5-7,11-12H2,1-4H3,(H2,17,19,20);1H. The van der Waals surface area contributed by atoms with Crippen molar-refractivity contribution in [2.45, 2.75) is 47.1 Å². The number of halogens is 1. The highest BCUT2D eigenvalue weighted by atomic mass is 127. The van der Waals surface area contributed by atoms with Crippen LogP contribution >= 0.6 is 24.0 Å². The van der Waals surface area contributed by atoms with E-state index in [9.17, 15) is 0 Å². The molecule has 0 aliphatic carbocycles. The van der Waals surface area contributed by atoms with Crippen molar-refractivity contribution in [1.29, 1.82) is 0 Å². The molecule has 0 aromatic carbocycles. The summed E-state index contributed by atoms with van der Waals surface area (Å²) < 4.78 is 0. The van der Waals surface area contributed by atoms with Gasteiger partial charge in [0.1, 0.15) is 0 Å². The van der Waals surface area contributed by atoms with Gasteiger partial charge in [0, 0.05) is 19.3 Å². The molecule has 0 saturated heterocycles. The molecule has 1 aromatic rings. The van der Waals surface area contributed by atoms with Gasteiger partial charge in [0.05, 0.1) is 12.2 Å². The molecular formula is C16H29IN4. The highest BCUT2D eigenvalue weighted by Crippen LogP contribution is 2.06. The van der Waals surface area contributed by atoms with Crippen LogP contribution in [0.5, 0.6) is 0 Å². The summed E-state index contributed by atoms with van der Waals surface area (Å²) in [7, 11) is 0. The summed E-state index contributed by atoms with van der Waals surface area (Å²) in [6.45, 7) is 11.1. The molecule has 1 heterocycles. The summed E-state index contributed by atoms with van der Waals surface area (Å²) in [5.74, 6) is 1.58. The molecule has 0 saturated carbocycles. The molecule has 0 amide bonds. The maximum Gasteiger partial charge on any atom is 0.191 e. The van der Waals surface area contributed by atoms with E-state index in [1.807, 2.05) is 12.3 Å². The van der Waals surface area contributed by atoms with Crippen molar-refractivity contribution in [1.82, 2.24) is 15.6 Å². The van der Waals surface area contributed by atoms with Crippen molar-refractivity contribution < 1.29 is 0 Å². The van der Waals surface area contributed by atoms with E-state index in [0.29, 0.717) is 12.5 Å². The van der Waals surface area contributed by atoms with Gasteiger partial charge in [-0.3, -0.25) is 4.98 Å². The summed E-state index contributed by atoms with van der Waals surface area (Å²) in [5, 5.41) is 6.71. The number of aliphatic imine (C=N–C) groups is 1. The predicted molar refractivity (Wildman–Crippen MR) is 101 cm³/mol. The molecule has 0 unspecified atom stereocenters. The number of hydrogen-bond donors (Lipinski definition) is 2. The number of rotatable bonds is 7. The summed E-state index contributed by atoms with van der Waals surface area (Å²) in [5.41, 5.74) is 2.22. The van der Waals surface area contributed by atoms with Crippen molar-refractivity contribution in [3.63, 3.8) is 0 Å². The summed E-state index contributed by atoms with van der Waals surface area (Å²) in [6, 6.07) is 4.03. The first-order valence-electron chi connectivity index (χ1n) is 7.63. The third-order valence-electron chi connectivity index (χ3n) is 3.56. The van der Waals surface area contributed by atoms with E-state index in [4.69, 9.17) is 0 Å². The Morgan fingerprint density at radius 3 is 2.52 bits per heavy atom. The lowest BCUT2D eigenvalue weighted by atomic mass is 10.0. The second-order valence-corrected chi connectivity index (χ2v) is 5.03. The molecule has 2 N–H and O–H groups in total. The molecule has 120 valence electrons. The number of nitrogens with zero attached hydrogens (tertiary/aromatic N) is 2. The Morgan fingerprint density at radius 2 is 1.95 bits per heavy atom. The van der Waals surface area contributed by atoms with Crippen LogP contribution in [0.1, 0.15) is 44.9 Å². The van der Waals surface area contributed by atoms with Crippen molar-refractivity contribution in [2.75, 3.05) is 13.1 Å². The van der Waals surface area contributed by atoms with Crippen LogP contribution in [0.2, 0.25) is 0 Å². The molecule has 0 aliphatic heterocycles. The summed E-state index contributed by atoms with van der Waals surface area (Å²) in [4.78, 5) is 8.99. The zero-order valence-corrected chi connectivity index (χ0v) is 16.0. The molecule has 0 spiro atoms. The molecular weight excluding hydrogens is 375 g/mol. The molecule has 1 rings (SSSR count). The molecule has 0 atom stereocenters. The number of guanidine groups is 1. The van der Waals surface area contributed by atoms with Gasteiger partial charge in [0.2, 0.25) is 0 Å². The Labute approximate surface area is 146 Å². The van der Waals surface area contributed by atoms with Gasteiger partial charge in [-0.1, -0.05) is 32.8 Å². The fraction of sp³-hybridized carbons (Fsp3) is 0.625. The molecule has 4 nitrogen and oxygen atoms in total. The SMILES string of the molecule is CCNC(=NCc1ncccc1C)NCC(CC)CC.I. The van der Waals surface area contributed by atoms with Crippen molar-refractivity contribution in [2.24, 2.45) is 10.9 Å². The number of aromatic nitrogens is 1. The van der Waals surface area contributed by atoms with Crippen LogP contribution in [0.3, 0.4) is 0 Å². The average Bonchev–Trinajstić information content (AvgIpc) is 2.47. The van der Waals surface area contributed by atoms with Crippen LogP contribution in [0.25, 0.3) is 0 Å². The minimum atomic E-state index is 0. The number of hydrogen-bond acceptors (Lipinski definition) is 2. The molecule has 0 aliphatic rings. The zero-order valence-electron chi connectivity index (χ0n) is 13.6. The van der Waals surface area contributed by atoms with E-state index >= 15 is 0 Å². The van der Waals surface area contributed by atoms with Crippen molar-refractivity contribution >= 4 is 29.9 Å². The Balaban J connectivity index is 0.00000400.